The van der Waals surface area contributed by atoms with E-state index in [-0.39, 0.29) is 16.5 Å². The number of hydrogen-bond donors (Lipinski definition) is 0. The van der Waals surface area contributed by atoms with Gasteiger partial charge in [-0.15, -0.1) is 0 Å². The fraction of sp³-hybridized carbons (Fsp3) is 0.235. The number of benzene rings is 1. The minimum atomic E-state index is -3.31. The molecule has 25 heavy (non-hydrogen) atoms. The van der Waals surface area contributed by atoms with Gasteiger partial charge in [-0.25, -0.2) is 18.2 Å². The second kappa shape index (κ2) is 5.96. The van der Waals surface area contributed by atoms with E-state index >= 15 is 0 Å². The Balaban J connectivity index is 2.09. The first-order valence-corrected chi connectivity index (χ1v) is 9.30. The maximum Gasteiger partial charge on any atom is 0.375 e. The second-order valence-electron chi connectivity index (χ2n) is 6.05. The average molecular weight is 360 g/mol. The molecule has 0 bridgehead atoms. The van der Waals surface area contributed by atoms with Gasteiger partial charge in [-0.2, -0.15) is 0 Å². The van der Waals surface area contributed by atoms with Crippen LogP contribution in [0.25, 0.3) is 5.57 Å². The molecule has 0 aliphatic carbocycles. The van der Waals surface area contributed by atoms with Crippen molar-refractivity contribution in [1.82, 2.24) is 9.97 Å². The standard InChI is InChI=1S/C17H16N2O5S/c1-17(2)14(11-4-6-12(7-5-11)25(3,21)22)15(16(20)24-17)23-13-10-18-8-9-19-13/h4-10H,1-3H3. The van der Waals surface area contributed by atoms with Crippen LogP contribution in [0.5, 0.6) is 5.88 Å². The van der Waals surface area contributed by atoms with Gasteiger partial charge in [-0.1, -0.05) is 12.1 Å². The van der Waals surface area contributed by atoms with E-state index in [2.05, 4.69) is 9.97 Å². The number of rotatable bonds is 4. The number of esters is 1. The first-order chi connectivity index (χ1) is 11.7. The molecule has 2 aromatic rings. The lowest BCUT2D eigenvalue weighted by molar-refractivity contribution is -0.145. The summed E-state index contributed by atoms with van der Waals surface area (Å²) in [5.41, 5.74) is 0.215. The van der Waals surface area contributed by atoms with Gasteiger partial charge in [0, 0.05) is 18.6 Å². The van der Waals surface area contributed by atoms with E-state index in [9.17, 15) is 13.2 Å². The van der Waals surface area contributed by atoms with Crippen LogP contribution in [0.2, 0.25) is 0 Å². The molecule has 1 aromatic heterocycles. The molecule has 0 fully saturated rings. The van der Waals surface area contributed by atoms with Gasteiger partial charge >= 0.3 is 5.97 Å². The lowest BCUT2D eigenvalue weighted by atomic mass is 9.92. The topological polar surface area (TPSA) is 95.4 Å². The summed E-state index contributed by atoms with van der Waals surface area (Å²) in [6, 6.07) is 6.21. The smallest absolute Gasteiger partial charge is 0.375 e. The van der Waals surface area contributed by atoms with Crippen LogP contribution in [0.3, 0.4) is 0 Å². The molecule has 0 amide bonds. The van der Waals surface area contributed by atoms with Crippen molar-refractivity contribution in [3.8, 4) is 5.88 Å². The Morgan fingerprint density at radius 3 is 2.36 bits per heavy atom. The summed E-state index contributed by atoms with van der Waals surface area (Å²) in [4.78, 5) is 20.3. The predicted molar refractivity (Wildman–Crippen MR) is 89.3 cm³/mol. The number of ether oxygens (including phenoxy) is 2. The summed E-state index contributed by atoms with van der Waals surface area (Å²) in [5.74, 6) is -0.437. The molecule has 0 atom stereocenters. The van der Waals surface area contributed by atoms with Crippen molar-refractivity contribution >= 4 is 21.4 Å². The Kier molecular flexibility index (Phi) is 4.08. The van der Waals surface area contributed by atoms with Crippen LogP contribution >= 0.6 is 0 Å². The second-order valence-corrected chi connectivity index (χ2v) is 8.06. The summed E-state index contributed by atoms with van der Waals surface area (Å²) in [5, 5.41) is 0. The molecular weight excluding hydrogens is 344 g/mol. The van der Waals surface area contributed by atoms with Crippen molar-refractivity contribution in [3.05, 3.63) is 54.2 Å². The molecule has 130 valence electrons. The molecule has 0 saturated carbocycles. The Bertz CT molecular complexity index is 948. The molecule has 8 heteroatoms. The van der Waals surface area contributed by atoms with E-state index in [0.717, 1.165) is 6.26 Å². The van der Waals surface area contributed by atoms with Gasteiger partial charge in [0.2, 0.25) is 11.6 Å². The van der Waals surface area contributed by atoms with Crippen molar-refractivity contribution in [2.45, 2.75) is 24.3 Å². The minimum Gasteiger partial charge on any atom is -0.449 e. The highest BCUT2D eigenvalue weighted by atomic mass is 32.2. The highest BCUT2D eigenvalue weighted by Crippen LogP contribution is 2.40. The van der Waals surface area contributed by atoms with E-state index < -0.39 is 21.4 Å². The van der Waals surface area contributed by atoms with Crippen molar-refractivity contribution in [3.63, 3.8) is 0 Å². The van der Waals surface area contributed by atoms with Gasteiger partial charge in [0.15, 0.2) is 9.84 Å². The van der Waals surface area contributed by atoms with E-state index in [1.165, 1.54) is 30.7 Å². The van der Waals surface area contributed by atoms with Gasteiger partial charge in [-0.3, -0.25) is 4.98 Å². The number of sulfone groups is 1. The van der Waals surface area contributed by atoms with Crippen LogP contribution in [0.4, 0.5) is 0 Å². The number of carbonyl (C=O) groups excluding carboxylic acids is 1. The summed E-state index contributed by atoms with van der Waals surface area (Å²) < 4.78 is 34.2. The molecule has 0 N–H and O–H groups in total. The fourth-order valence-corrected chi connectivity index (χ4v) is 3.22. The molecule has 1 aliphatic rings. The average Bonchev–Trinajstić information content (AvgIpc) is 2.76. The highest BCUT2D eigenvalue weighted by Gasteiger charge is 2.43. The third-order valence-corrected chi connectivity index (χ3v) is 4.81. The molecule has 0 spiro atoms. The molecule has 0 radical (unpaired) electrons. The quantitative estimate of drug-likeness (QED) is 0.770. The minimum absolute atomic E-state index is 0.0117. The number of nitrogens with zero attached hydrogens (tertiary/aromatic N) is 2. The Labute approximate surface area is 145 Å². The van der Waals surface area contributed by atoms with Crippen LogP contribution < -0.4 is 4.74 Å². The van der Waals surface area contributed by atoms with Gasteiger partial charge in [0.05, 0.1) is 16.7 Å². The van der Waals surface area contributed by atoms with Crippen LogP contribution in [0.15, 0.2) is 53.5 Å². The molecule has 7 nitrogen and oxygen atoms in total. The molecule has 2 heterocycles. The molecule has 3 rings (SSSR count). The SMILES string of the molecule is CC1(C)OC(=O)C(Oc2cnccn2)=C1c1ccc(S(C)(=O)=O)cc1. The summed E-state index contributed by atoms with van der Waals surface area (Å²) in [6.07, 6.45) is 5.46. The van der Waals surface area contributed by atoms with Gasteiger partial charge in [0.1, 0.15) is 5.60 Å². The molecule has 1 aliphatic heterocycles. The predicted octanol–water partition coefficient (Wildman–Crippen LogP) is 2.01. The molecule has 0 unspecified atom stereocenters. The van der Waals surface area contributed by atoms with Gasteiger partial charge in [0.25, 0.3) is 0 Å². The van der Waals surface area contributed by atoms with Crippen molar-refractivity contribution < 1.29 is 22.7 Å². The summed E-state index contributed by atoms with van der Waals surface area (Å²) in [6.45, 7) is 3.47. The zero-order chi connectivity index (χ0) is 18.2. The highest BCUT2D eigenvalue weighted by molar-refractivity contribution is 7.90. The van der Waals surface area contributed by atoms with E-state index in [4.69, 9.17) is 9.47 Å². The zero-order valence-corrected chi connectivity index (χ0v) is 14.7. The lowest BCUT2D eigenvalue weighted by Crippen LogP contribution is -2.22. The van der Waals surface area contributed by atoms with Gasteiger partial charge in [-0.05, 0) is 31.5 Å². The van der Waals surface area contributed by atoms with E-state index in [1.54, 1.807) is 26.0 Å². The number of cyclic esters (lactones) is 1. The fourth-order valence-electron chi connectivity index (χ4n) is 2.59. The Morgan fingerprint density at radius 1 is 1.12 bits per heavy atom. The van der Waals surface area contributed by atoms with Gasteiger partial charge < -0.3 is 9.47 Å². The molecule has 0 saturated heterocycles. The normalized spacial score (nSPS) is 16.7. The lowest BCUT2D eigenvalue weighted by Gasteiger charge is -2.21. The summed E-state index contributed by atoms with van der Waals surface area (Å²) in [7, 11) is -3.31. The van der Waals surface area contributed by atoms with E-state index in [0.29, 0.717) is 11.1 Å². The van der Waals surface area contributed by atoms with Crippen LogP contribution in [-0.2, 0) is 19.4 Å². The Morgan fingerprint density at radius 2 is 1.80 bits per heavy atom. The number of carbonyl (C=O) groups is 1. The third-order valence-electron chi connectivity index (χ3n) is 3.68. The first kappa shape index (κ1) is 17.1. The van der Waals surface area contributed by atoms with Crippen LogP contribution in [0.1, 0.15) is 19.4 Å². The Hall–Kier alpha value is -2.74. The van der Waals surface area contributed by atoms with E-state index in [1.807, 2.05) is 0 Å². The first-order valence-electron chi connectivity index (χ1n) is 7.41. The van der Waals surface area contributed by atoms with Crippen LogP contribution in [0, 0.1) is 0 Å². The maximum atomic E-state index is 12.3. The molecule has 1 aromatic carbocycles. The zero-order valence-electron chi connectivity index (χ0n) is 13.9. The monoisotopic (exact) mass is 360 g/mol. The number of aromatic nitrogens is 2. The number of hydrogen-bond acceptors (Lipinski definition) is 7. The third kappa shape index (κ3) is 3.39. The van der Waals surface area contributed by atoms with Crippen molar-refractivity contribution in [2.75, 3.05) is 6.26 Å². The molecular formula is C17H16N2O5S. The maximum absolute atomic E-state index is 12.3. The van der Waals surface area contributed by atoms with Crippen molar-refractivity contribution in [2.24, 2.45) is 0 Å². The largest absolute Gasteiger partial charge is 0.449 e. The van der Waals surface area contributed by atoms with Crippen LogP contribution in [-0.4, -0.2) is 36.2 Å². The van der Waals surface area contributed by atoms with Crippen molar-refractivity contribution in [1.29, 1.82) is 0 Å². The summed E-state index contributed by atoms with van der Waals surface area (Å²) >= 11 is 0.